The Hall–Kier alpha value is -3.68. The maximum atomic E-state index is 13.4. The highest BCUT2D eigenvalue weighted by Gasteiger charge is 2.35. The summed E-state index contributed by atoms with van der Waals surface area (Å²) in [4.78, 5) is 34.1. The first-order valence-electron chi connectivity index (χ1n) is 10.4. The van der Waals surface area contributed by atoms with Crippen LogP contribution in [0.4, 0.5) is 5.69 Å². The highest BCUT2D eigenvalue weighted by atomic mass is 16.5. The van der Waals surface area contributed by atoms with Crippen molar-refractivity contribution in [3.05, 3.63) is 69.3 Å². The van der Waals surface area contributed by atoms with Crippen molar-refractivity contribution in [2.24, 2.45) is 7.05 Å². The first kappa shape index (κ1) is 21.5. The van der Waals surface area contributed by atoms with Gasteiger partial charge in [-0.15, -0.1) is 0 Å². The standard InChI is InChI=1S/C24H26N4O4/c1-13-17(10-11-20(25-13)31-5)23-26-14(2)21(24(30)28(23)4)27-22-18-9-7-6-8-16(18)12-19(22)32-15(3)29/h6-11,19,22,27H,12H2,1-5H3. The number of methoxy groups -OCH3 is 1. The molecule has 0 radical (unpaired) electrons. The molecule has 0 bridgehead atoms. The lowest BCUT2D eigenvalue weighted by Crippen LogP contribution is -2.31. The third-order valence-electron chi connectivity index (χ3n) is 5.78. The molecule has 1 aromatic carbocycles. The van der Waals surface area contributed by atoms with Gasteiger partial charge in [0, 0.05) is 32.0 Å². The summed E-state index contributed by atoms with van der Waals surface area (Å²) < 4.78 is 12.3. The molecule has 0 amide bonds. The van der Waals surface area contributed by atoms with Gasteiger partial charge in [-0.1, -0.05) is 24.3 Å². The fourth-order valence-corrected chi connectivity index (χ4v) is 4.21. The van der Waals surface area contributed by atoms with Gasteiger partial charge in [-0.25, -0.2) is 9.97 Å². The first-order chi connectivity index (χ1) is 15.3. The number of aryl methyl sites for hydroxylation is 2. The predicted molar refractivity (Wildman–Crippen MR) is 121 cm³/mol. The van der Waals surface area contributed by atoms with Crippen molar-refractivity contribution < 1.29 is 14.3 Å². The van der Waals surface area contributed by atoms with E-state index in [4.69, 9.17) is 14.5 Å². The summed E-state index contributed by atoms with van der Waals surface area (Å²) in [5.74, 6) is 0.673. The van der Waals surface area contributed by atoms with Gasteiger partial charge in [0.2, 0.25) is 5.88 Å². The van der Waals surface area contributed by atoms with Gasteiger partial charge in [0.05, 0.1) is 24.5 Å². The maximum Gasteiger partial charge on any atom is 0.302 e. The van der Waals surface area contributed by atoms with Crippen molar-refractivity contribution in [2.75, 3.05) is 12.4 Å². The van der Waals surface area contributed by atoms with E-state index in [2.05, 4.69) is 10.3 Å². The normalized spacial score (nSPS) is 17.0. The van der Waals surface area contributed by atoms with Gasteiger partial charge in [-0.3, -0.25) is 14.2 Å². The maximum absolute atomic E-state index is 13.4. The van der Waals surface area contributed by atoms with E-state index in [1.165, 1.54) is 11.5 Å². The van der Waals surface area contributed by atoms with Crippen LogP contribution < -0.4 is 15.6 Å². The van der Waals surface area contributed by atoms with Crippen LogP contribution in [0.1, 0.15) is 35.5 Å². The number of fused-ring (bicyclic) bond motifs is 1. The number of esters is 1. The van der Waals surface area contributed by atoms with Crippen LogP contribution in [0.2, 0.25) is 0 Å². The number of hydrogen-bond acceptors (Lipinski definition) is 7. The van der Waals surface area contributed by atoms with E-state index in [-0.39, 0.29) is 17.6 Å². The van der Waals surface area contributed by atoms with Crippen LogP contribution in [0.3, 0.4) is 0 Å². The first-order valence-corrected chi connectivity index (χ1v) is 10.4. The van der Waals surface area contributed by atoms with E-state index < -0.39 is 6.10 Å². The lowest BCUT2D eigenvalue weighted by molar-refractivity contribution is -0.146. The molecule has 1 aliphatic carbocycles. The van der Waals surface area contributed by atoms with Gasteiger partial charge in [0.1, 0.15) is 17.6 Å². The summed E-state index contributed by atoms with van der Waals surface area (Å²) in [6, 6.07) is 11.2. The molecule has 1 aliphatic rings. The molecule has 32 heavy (non-hydrogen) atoms. The van der Waals surface area contributed by atoms with Crippen molar-refractivity contribution in [1.29, 1.82) is 0 Å². The Morgan fingerprint density at radius 2 is 1.88 bits per heavy atom. The molecule has 8 nitrogen and oxygen atoms in total. The van der Waals surface area contributed by atoms with Gasteiger partial charge in [-0.2, -0.15) is 0 Å². The molecule has 0 aliphatic heterocycles. The molecule has 166 valence electrons. The molecule has 2 atom stereocenters. The lowest BCUT2D eigenvalue weighted by Gasteiger charge is -2.24. The van der Waals surface area contributed by atoms with Crippen LogP contribution in [-0.4, -0.2) is 33.7 Å². The van der Waals surface area contributed by atoms with Gasteiger partial charge in [0.15, 0.2) is 0 Å². The number of rotatable bonds is 5. The Labute approximate surface area is 186 Å². The minimum absolute atomic E-state index is 0.214. The van der Waals surface area contributed by atoms with Gasteiger partial charge >= 0.3 is 5.97 Å². The molecule has 2 aromatic heterocycles. The van der Waals surface area contributed by atoms with Gasteiger partial charge in [0.25, 0.3) is 5.56 Å². The average Bonchev–Trinajstić information content (AvgIpc) is 3.10. The summed E-state index contributed by atoms with van der Waals surface area (Å²) >= 11 is 0. The number of pyridine rings is 1. The monoisotopic (exact) mass is 434 g/mol. The summed E-state index contributed by atoms with van der Waals surface area (Å²) in [6.45, 7) is 5.04. The van der Waals surface area contributed by atoms with Crippen LogP contribution >= 0.6 is 0 Å². The number of nitrogens with one attached hydrogen (secondary N) is 1. The number of ether oxygens (including phenoxy) is 2. The summed E-state index contributed by atoms with van der Waals surface area (Å²) in [6.07, 6.45) is 0.191. The minimum atomic E-state index is -0.401. The molecule has 2 heterocycles. The fourth-order valence-electron chi connectivity index (χ4n) is 4.21. The van der Waals surface area contributed by atoms with Gasteiger partial charge in [-0.05, 0) is 31.0 Å². The number of anilines is 1. The number of hydrogen-bond donors (Lipinski definition) is 1. The Morgan fingerprint density at radius 1 is 1.12 bits per heavy atom. The number of carbonyl (C=O) groups is 1. The van der Waals surface area contributed by atoms with Crippen LogP contribution in [0.25, 0.3) is 11.4 Å². The van der Waals surface area contributed by atoms with Crippen molar-refractivity contribution in [3.63, 3.8) is 0 Å². The van der Waals surface area contributed by atoms with E-state index in [1.807, 2.05) is 37.3 Å². The molecule has 4 rings (SSSR count). The smallest absolute Gasteiger partial charge is 0.302 e. The number of carbonyl (C=O) groups excluding carboxylic acids is 1. The molecule has 0 saturated heterocycles. The molecule has 8 heteroatoms. The van der Waals surface area contributed by atoms with E-state index in [0.717, 1.165) is 16.7 Å². The Morgan fingerprint density at radius 3 is 2.56 bits per heavy atom. The van der Waals surface area contributed by atoms with Crippen LogP contribution in [-0.2, 0) is 23.0 Å². The zero-order valence-electron chi connectivity index (χ0n) is 18.8. The molecular weight excluding hydrogens is 408 g/mol. The highest BCUT2D eigenvalue weighted by molar-refractivity contribution is 5.67. The largest absolute Gasteiger partial charge is 0.481 e. The SMILES string of the molecule is COc1ccc(-c2nc(C)c(NC3c4ccccc4CC3OC(C)=O)c(=O)n2C)c(C)n1. The lowest BCUT2D eigenvalue weighted by atomic mass is 10.1. The number of nitrogens with zero attached hydrogens (tertiary/aromatic N) is 3. The third-order valence-corrected chi connectivity index (χ3v) is 5.78. The molecule has 0 saturated carbocycles. The molecule has 2 unspecified atom stereocenters. The summed E-state index contributed by atoms with van der Waals surface area (Å²) in [7, 11) is 3.25. The number of benzene rings is 1. The van der Waals surface area contributed by atoms with E-state index in [0.29, 0.717) is 35.2 Å². The Bertz CT molecular complexity index is 1250. The average molecular weight is 434 g/mol. The van der Waals surface area contributed by atoms with Gasteiger partial charge < -0.3 is 14.8 Å². The molecule has 0 fully saturated rings. The summed E-state index contributed by atoms with van der Waals surface area (Å²) in [5.41, 5.74) is 4.30. The second-order valence-corrected chi connectivity index (χ2v) is 7.92. The van der Waals surface area contributed by atoms with E-state index in [1.54, 1.807) is 27.1 Å². The summed E-state index contributed by atoms with van der Waals surface area (Å²) in [5, 5.41) is 3.33. The fraction of sp³-hybridized carbons (Fsp3) is 0.333. The zero-order valence-corrected chi connectivity index (χ0v) is 18.8. The van der Waals surface area contributed by atoms with E-state index in [9.17, 15) is 9.59 Å². The molecule has 0 spiro atoms. The van der Waals surface area contributed by atoms with Crippen LogP contribution in [0, 0.1) is 13.8 Å². The Balaban J connectivity index is 1.74. The molecule has 3 aromatic rings. The second kappa shape index (κ2) is 8.45. The quantitative estimate of drug-likeness (QED) is 0.617. The van der Waals surface area contributed by atoms with Crippen molar-refractivity contribution in [1.82, 2.24) is 14.5 Å². The molecule has 1 N–H and O–H groups in total. The van der Waals surface area contributed by atoms with Crippen LogP contribution in [0.15, 0.2) is 41.2 Å². The minimum Gasteiger partial charge on any atom is -0.481 e. The van der Waals surface area contributed by atoms with Crippen molar-refractivity contribution >= 4 is 11.7 Å². The number of aromatic nitrogens is 3. The highest BCUT2D eigenvalue weighted by Crippen LogP contribution is 2.36. The Kier molecular flexibility index (Phi) is 5.69. The van der Waals surface area contributed by atoms with Crippen molar-refractivity contribution in [3.8, 4) is 17.3 Å². The zero-order chi connectivity index (χ0) is 23.0. The van der Waals surface area contributed by atoms with Crippen LogP contribution in [0.5, 0.6) is 5.88 Å². The van der Waals surface area contributed by atoms with E-state index >= 15 is 0 Å². The third kappa shape index (κ3) is 3.84. The molecular formula is C24H26N4O4. The topological polar surface area (TPSA) is 95.3 Å². The predicted octanol–water partition coefficient (Wildman–Crippen LogP) is 3.11. The van der Waals surface area contributed by atoms with Crippen molar-refractivity contribution in [2.45, 2.75) is 39.3 Å². The second-order valence-electron chi connectivity index (χ2n) is 7.92.